The van der Waals surface area contributed by atoms with E-state index in [1.165, 1.54) is 0 Å². The monoisotopic (exact) mass is 405 g/mol. The number of hydrogen-bond donors (Lipinski definition) is 1. The Kier molecular flexibility index (Phi) is 6.62. The molecule has 30 heavy (non-hydrogen) atoms. The van der Waals surface area contributed by atoms with Gasteiger partial charge >= 0.3 is 0 Å². The molecule has 5 heteroatoms. The summed E-state index contributed by atoms with van der Waals surface area (Å²) in [5.74, 6) is 1.31. The Morgan fingerprint density at radius 3 is 2.73 bits per heavy atom. The molecule has 1 aromatic heterocycles. The van der Waals surface area contributed by atoms with Gasteiger partial charge in [-0.3, -0.25) is 4.79 Å². The van der Waals surface area contributed by atoms with Crippen LogP contribution in [0.1, 0.15) is 25.0 Å². The van der Waals surface area contributed by atoms with Crippen molar-refractivity contribution in [2.45, 2.75) is 20.8 Å². The predicted molar refractivity (Wildman–Crippen MR) is 121 cm³/mol. The van der Waals surface area contributed by atoms with Crippen molar-refractivity contribution in [2.75, 3.05) is 20.3 Å². The average Bonchev–Trinajstić information content (AvgIpc) is 3.18. The molecule has 0 bridgehead atoms. The number of nitrogens with one attached hydrogen (secondary N) is 1. The summed E-state index contributed by atoms with van der Waals surface area (Å²) in [6.07, 6.45) is 4.97. The third kappa shape index (κ3) is 4.10. The predicted octanol–water partition coefficient (Wildman–Crippen LogP) is 5.52. The molecule has 3 rings (SSSR count). The van der Waals surface area contributed by atoms with E-state index in [9.17, 15) is 4.79 Å². The quantitative estimate of drug-likeness (QED) is 0.396. The third-order valence-electron chi connectivity index (χ3n) is 4.92. The van der Waals surface area contributed by atoms with Crippen molar-refractivity contribution in [1.82, 2.24) is 5.32 Å². The number of allylic oxidation sites excluding steroid dienone is 1. The first-order chi connectivity index (χ1) is 14.5. The second-order valence-corrected chi connectivity index (χ2v) is 6.90. The summed E-state index contributed by atoms with van der Waals surface area (Å²) in [4.78, 5) is 12.2. The molecule has 0 atom stereocenters. The van der Waals surface area contributed by atoms with Gasteiger partial charge in [-0.1, -0.05) is 24.3 Å². The Balaban J connectivity index is 2.21. The van der Waals surface area contributed by atoms with E-state index in [1.54, 1.807) is 25.5 Å². The zero-order valence-corrected chi connectivity index (χ0v) is 17.9. The minimum absolute atomic E-state index is 0.176. The molecule has 2 aromatic carbocycles. The van der Waals surface area contributed by atoms with Gasteiger partial charge in [-0.15, -0.1) is 6.58 Å². The molecular formula is C25H27NO4. The number of fused-ring (bicyclic) bond motifs is 1. The molecule has 0 aliphatic heterocycles. The summed E-state index contributed by atoms with van der Waals surface area (Å²) < 4.78 is 17.4. The van der Waals surface area contributed by atoms with E-state index < -0.39 is 0 Å². The van der Waals surface area contributed by atoms with Gasteiger partial charge in [0.2, 0.25) is 5.91 Å². The molecule has 1 heterocycles. The molecule has 1 amide bonds. The van der Waals surface area contributed by atoms with Crippen LogP contribution in [0.4, 0.5) is 0 Å². The smallest absolute Gasteiger partial charge is 0.244 e. The molecule has 0 aliphatic carbocycles. The third-order valence-corrected chi connectivity index (χ3v) is 4.92. The molecule has 156 valence electrons. The molecule has 0 fully saturated rings. The standard InChI is InChI=1S/C25H27NO4/c1-6-12-26-23(27)13-16(3)19-14-20-21(18-10-8-9-11-22(18)28-5)15-30-25(20)17(4)24(19)29-7-2/h6,8-11,13-15H,1,7,12H2,2-5H3,(H,26,27)/b16-13+. The van der Waals surface area contributed by atoms with E-state index in [0.29, 0.717) is 13.2 Å². The molecule has 0 aliphatic rings. The first kappa shape index (κ1) is 21.2. The molecule has 3 aromatic rings. The number of para-hydroxylation sites is 1. The minimum atomic E-state index is -0.176. The lowest BCUT2D eigenvalue weighted by molar-refractivity contribution is -0.116. The highest BCUT2D eigenvalue weighted by atomic mass is 16.5. The fourth-order valence-corrected chi connectivity index (χ4v) is 3.51. The summed E-state index contributed by atoms with van der Waals surface area (Å²) in [5, 5.41) is 3.71. The van der Waals surface area contributed by atoms with Gasteiger partial charge in [-0.2, -0.15) is 0 Å². The van der Waals surface area contributed by atoms with E-state index in [2.05, 4.69) is 11.9 Å². The SMILES string of the molecule is C=CCNC(=O)/C=C(\C)c1cc2c(-c3ccccc3OC)coc2c(C)c1OCC. The van der Waals surface area contributed by atoms with E-state index >= 15 is 0 Å². The van der Waals surface area contributed by atoms with Gasteiger partial charge in [-0.25, -0.2) is 0 Å². The molecule has 0 radical (unpaired) electrons. The summed E-state index contributed by atoms with van der Waals surface area (Å²) in [6.45, 7) is 10.4. The highest BCUT2D eigenvalue weighted by Crippen LogP contribution is 2.42. The first-order valence-electron chi connectivity index (χ1n) is 9.90. The molecule has 0 unspecified atom stereocenters. The van der Waals surface area contributed by atoms with E-state index in [1.807, 2.05) is 51.1 Å². The number of rotatable bonds is 8. The maximum Gasteiger partial charge on any atom is 0.244 e. The normalized spacial score (nSPS) is 11.4. The van der Waals surface area contributed by atoms with Crippen molar-refractivity contribution < 1.29 is 18.7 Å². The van der Waals surface area contributed by atoms with Crippen molar-refractivity contribution in [2.24, 2.45) is 0 Å². The van der Waals surface area contributed by atoms with Crippen molar-refractivity contribution in [3.05, 3.63) is 66.5 Å². The van der Waals surface area contributed by atoms with Crippen molar-refractivity contribution in [3.8, 4) is 22.6 Å². The van der Waals surface area contributed by atoms with Crippen LogP contribution in [0.15, 0.2) is 59.7 Å². The van der Waals surface area contributed by atoms with Gasteiger partial charge < -0.3 is 19.2 Å². The molecular weight excluding hydrogens is 378 g/mol. The largest absolute Gasteiger partial charge is 0.496 e. The van der Waals surface area contributed by atoms with E-state index in [0.717, 1.165) is 50.3 Å². The number of carbonyl (C=O) groups excluding carboxylic acids is 1. The molecule has 0 spiro atoms. The Labute approximate surface area is 177 Å². The summed E-state index contributed by atoms with van der Waals surface area (Å²) in [6, 6.07) is 9.84. The second kappa shape index (κ2) is 9.35. The summed E-state index contributed by atoms with van der Waals surface area (Å²) in [7, 11) is 1.65. The Hall–Kier alpha value is -3.47. The maximum atomic E-state index is 12.2. The number of ether oxygens (including phenoxy) is 2. The molecule has 0 saturated heterocycles. The second-order valence-electron chi connectivity index (χ2n) is 6.90. The van der Waals surface area contributed by atoms with Gasteiger partial charge in [0.05, 0.1) is 20.0 Å². The van der Waals surface area contributed by atoms with Gasteiger partial charge in [-0.05, 0) is 38.5 Å². The number of carbonyl (C=O) groups is 1. The number of amides is 1. The van der Waals surface area contributed by atoms with Gasteiger partial charge in [0.1, 0.15) is 17.1 Å². The first-order valence-corrected chi connectivity index (χ1v) is 9.90. The Morgan fingerprint density at radius 1 is 1.27 bits per heavy atom. The number of benzene rings is 2. The lowest BCUT2D eigenvalue weighted by Crippen LogP contribution is -2.20. The lowest BCUT2D eigenvalue weighted by atomic mass is 9.96. The van der Waals surface area contributed by atoms with Crippen LogP contribution in [-0.2, 0) is 4.79 Å². The summed E-state index contributed by atoms with van der Waals surface area (Å²) >= 11 is 0. The summed E-state index contributed by atoms with van der Waals surface area (Å²) in [5.41, 5.74) is 5.18. The number of furan rings is 1. The van der Waals surface area contributed by atoms with Crippen LogP contribution in [0.3, 0.4) is 0 Å². The van der Waals surface area contributed by atoms with Crippen LogP contribution in [0.2, 0.25) is 0 Å². The Bertz CT molecular complexity index is 1110. The molecule has 5 nitrogen and oxygen atoms in total. The number of hydrogen-bond acceptors (Lipinski definition) is 4. The number of methoxy groups -OCH3 is 1. The van der Waals surface area contributed by atoms with Crippen LogP contribution in [-0.4, -0.2) is 26.2 Å². The van der Waals surface area contributed by atoms with Crippen LogP contribution < -0.4 is 14.8 Å². The fraction of sp³-hybridized carbons (Fsp3) is 0.240. The van der Waals surface area contributed by atoms with Crippen molar-refractivity contribution >= 4 is 22.4 Å². The van der Waals surface area contributed by atoms with Crippen molar-refractivity contribution in [1.29, 1.82) is 0 Å². The molecule has 1 N–H and O–H groups in total. The van der Waals surface area contributed by atoms with Gasteiger partial charge in [0, 0.05) is 40.3 Å². The zero-order valence-electron chi connectivity index (χ0n) is 17.9. The topological polar surface area (TPSA) is 60.7 Å². The van der Waals surface area contributed by atoms with Crippen molar-refractivity contribution in [3.63, 3.8) is 0 Å². The highest BCUT2D eigenvalue weighted by Gasteiger charge is 2.20. The molecule has 0 saturated carbocycles. The highest BCUT2D eigenvalue weighted by molar-refractivity contribution is 6.02. The van der Waals surface area contributed by atoms with Gasteiger partial charge in [0.25, 0.3) is 0 Å². The van der Waals surface area contributed by atoms with Crippen LogP contribution >= 0.6 is 0 Å². The van der Waals surface area contributed by atoms with E-state index in [-0.39, 0.29) is 5.91 Å². The average molecular weight is 405 g/mol. The van der Waals surface area contributed by atoms with Crippen LogP contribution in [0.5, 0.6) is 11.5 Å². The van der Waals surface area contributed by atoms with Gasteiger partial charge in [0.15, 0.2) is 0 Å². The minimum Gasteiger partial charge on any atom is -0.496 e. The fourth-order valence-electron chi connectivity index (χ4n) is 3.51. The zero-order chi connectivity index (χ0) is 21.7. The van der Waals surface area contributed by atoms with E-state index in [4.69, 9.17) is 13.9 Å². The Morgan fingerprint density at radius 2 is 2.03 bits per heavy atom. The maximum absolute atomic E-state index is 12.2. The van der Waals surface area contributed by atoms with Crippen LogP contribution in [0.25, 0.3) is 27.7 Å². The number of aryl methyl sites for hydroxylation is 1. The lowest BCUT2D eigenvalue weighted by Gasteiger charge is -2.15. The van der Waals surface area contributed by atoms with Crippen LogP contribution in [0, 0.1) is 6.92 Å².